The van der Waals surface area contributed by atoms with E-state index in [0.29, 0.717) is 0 Å². The molecule has 0 aliphatic carbocycles. The van der Waals surface area contributed by atoms with E-state index in [2.05, 4.69) is 18.0 Å². The fourth-order valence-electron chi connectivity index (χ4n) is 0.836. The van der Waals surface area contributed by atoms with Gasteiger partial charge in [-0.05, 0) is 18.4 Å². The second-order valence-corrected chi connectivity index (χ2v) is 2.39. The van der Waals surface area contributed by atoms with Gasteiger partial charge >= 0.3 is 0 Å². The van der Waals surface area contributed by atoms with Gasteiger partial charge in [-0.2, -0.15) is 0 Å². The number of hydrogen-bond donors (Lipinski definition) is 0. The minimum absolute atomic E-state index is 0.825. The summed E-state index contributed by atoms with van der Waals surface area (Å²) in [5.74, 6) is 2.59. The van der Waals surface area contributed by atoms with Gasteiger partial charge in [0.2, 0.25) is 0 Å². The Morgan fingerprint density at radius 1 is 1.20 bits per heavy atom. The van der Waals surface area contributed by atoms with E-state index < -0.39 is 0 Å². The van der Waals surface area contributed by atoms with Crippen LogP contribution >= 0.6 is 11.6 Å². The van der Waals surface area contributed by atoms with Crippen molar-refractivity contribution in [2.24, 2.45) is 0 Å². The average molecular weight is 153 g/mol. The predicted octanol–water partition coefficient (Wildman–Crippen LogP) is 2.90. The van der Waals surface area contributed by atoms with E-state index in [1.165, 1.54) is 5.56 Å². The van der Waals surface area contributed by atoms with E-state index in [4.69, 9.17) is 11.6 Å². The Balaban J connectivity index is 2.43. The van der Waals surface area contributed by atoms with E-state index in [9.17, 15) is 0 Å². The molecule has 1 aromatic carbocycles. The highest BCUT2D eigenvalue weighted by Crippen LogP contribution is 2.04. The van der Waals surface area contributed by atoms with E-state index in [1.807, 2.05) is 18.2 Å². The molecular formula is C9H9Cl. The summed E-state index contributed by atoms with van der Waals surface area (Å²) >= 11 is 5.30. The van der Waals surface area contributed by atoms with Gasteiger partial charge in [0, 0.05) is 0 Å². The van der Waals surface area contributed by atoms with E-state index in [0.717, 1.165) is 12.8 Å². The van der Waals surface area contributed by atoms with Crippen LogP contribution in [0.25, 0.3) is 0 Å². The molecule has 1 heteroatoms. The first-order chi connectivity index (χ1) is 4.93. The van der Waals surface area contributed by atoms with Crippen LogP contribution in [0.3, 0.4) is 0 Å². The van der Waals surface area contributed by atoms with Gasteiger partial charge in [-0.3, -0.25) is 0 Å². The summed E-state index contributed by atoms with van der Waals surface area (Å²) in [4.78, 5) is 0. The molecule has 0 nitrogen and oxygen atoms in total. The molecule has 0 N–H and O–H groups in total. The largest absolute Gasteiger partial charge is 0.115 e. The van der Waals surface area contributed by atoms with Crippen molar-refractivity contribution in [2.75, 3.05) is 0 Å². The number of aryl methyl sites for hydroxylation is 1. The molecule has 52 valence electrons. The van der Waals surface area contributed by atoms with Crippen LogP contribution in [-0.2, 0) is 6.42 Å². The molecule has 0 aliphatic rings. The van der Waals surface area contributed by atoms with Crippen LogP contribution in [0.2, 0.25) is 0 Å². The molecule has 0 fully saturated rings. The first kappa shape index (κ1) is 7.62. The van der Waals surface area contributed by atoms with Gasteiger partial charge in [0.1, 0.15) is 0 Å². The van der Waals surface area contributed by atoms with Crippen molar-refractivity contribution in [3.63, 3.8) is 0 Å². The SMILES string of the molecule is Cl[C]CCc1ccccc1. The summed E-state index contributed by atoms with van der Waals surface area (Å²) in [6, 6.07) is 10.3. The highest BCUT2D eigenvalue weighted by atomic mass is 35.5. The van der Waals surface area contributed by atoms with Gasteiger partial charge in [-0.25, -0.2) is 0 Å². The Kier molecular flexibility index (Phi) is 3.31. The van der Waals surface area contributed by atoms with Crippen molar-refractivity contribution < 1.29 is 0 Å². The smallest absolute Gasteiger partial charge is 0.0867 e. The third-order valence-corrected chi connectivity index (χ3v) is 1.54. The van der Waals surface area contributed by atoms with Crippen LogP contribution in [0.1, 0.15) is 12.0 Å². The zero-order valence-electron chi connectivity index (χ0n) is 5.68. The second kappa shape index (κ2) is 4.35. The van der Waals surface area contributed by atoms with Gasteiger partial charge in [0.15, 0.2) is 0 Å². The summed E-state index contributed by atoms with van der Waals surface area (Å²) in [5.41, 5.74) is 1.32. The first-order valence-corrected chi connectivity index (χ1v) is 3.68. The number of rotatable bonds is 3. The fourth-order valence-corrected chi connectivity index (χ4v) is 0.931. The monoisotopic (exact) mass is 152 g/mol. The lowest BCUT2D eigenvalue weighted by atomic mass is 10.1. The lowest BCUT2D eigenvalue weighted by molar-refractivity contribution is 0.983. The van der Waals surface area contributed by atoms with Gasteiger partial charge in [-0.1, -0.05) is 30.3 Å². The lowest BCUT2D eigenvalue weighted by Crippen LogP contribution is -1.81. The zero-order chi connectivity index (χ0) is 7.23. The van der Waals surface area contributed by atoms with Crippen LogP contribution in [0.15, 0.2) is 30.3 Å². The van der Waals surface area contributed by atoms with Gasteiger partial charge in [0.05, 0.1) is 5.88 Å². The molecule has 1 rings (SSSR count). The molecule has 0 bridgehead atoms. The Morgan fingerprint density at radius 3 is 2.50 bits per heavy atom. The highest BCUT2D eigenvalue weighted by molar-refractivity contribution is 6.23. The minimum Gasteiger partial charge on any atom is -0.115 e. The zero-order valence-corrected chi connectivity index (χ0v) is 6.43. The van der Waals surface area contributed by atoms with Gasteiger partial charge in [-0.15, -0.1) is 11.6 Å². The molecule has 0 saturated heterocycles. The molecule has 0 unspecified atom stereocenters. The summed E-state index contributed by atoms with van der Waals surface area (Å²) in [5, 5.41) is 0. The first-order valence-electron chi connectivity index (χ1n) is 3.31. The maximum atomic E-state index is 5.30. The summed E-state index contributed by atoms with van der Waals surface area (Å²) < 4.78 is 0. The molecule has 0 aromatic heterocycles. The summed E-state index contributed by atoms with van der Waals surface area (Å²) in [7, 11) is 0. The van der Waals surface area contributed by atoms with Crippen LogP contribution < -0.4 is 0 Å². The quantitative estimate of drug-likeness (QED) is 0.625. The van der Waals surface area contributed by atoms with Crippen molar-refractivity contribution in [2.45, 2.75) is 12.8 Å². The van der Waals surface area contributed by atoms with Crippen molar-refractivity contribution >= 4 is 11.6 Å². The van der Waals surface area contributed by atoms with Crippen molar-refractivity contribution in [3.05, 3.63) is 41.8 Å². The molecule has 1 aromatic rings. The van der Waals surface area contributed by atoms with Crippen LogP contribution in [-0.4, -0.2) is 0 Å². The Hall–Kier alpha value is -0.490. The molecule has 0 spiro atoms. The van der Waals surface area contributed by atoms with E-state index >= 15 is 0 Å². The molecule has 0 atom stereocenters. The van der Waals surface area contributed by atoms with Crippen LogP contribution in [0.5, 0.6) is 0 Å². The van der Waals surface area contributed by atoms with Gasteiger partial charge < -0.3 is 0 Å². The molecule has 0 aliphatic heterocycles. The third kappa shape index (κ3) is 2.40. The van der Waals surface area contributed by atoms with Crippen molar-refractivity contribution in [3.8, 4) is 0 Å². The fraction of sp³-hybridized carbons (Fsp3) is 0.222. The minimum atomic E-state index is 0.825. The van der Waals surface area contributed by atoms with E-state index in [-0.39, 0.29) is 0 Å². The van der Waals surface area contributed by atoms with Crippen LogP contribution in [0, 0.1) is 5.88 Å². The summed E-state index contributed by atoms with van der Waals surface area (Å²) in [6.07, 6.45) is 1.82. The molecular weight excluding hydrogens is 144 g/mol. The Labute approximate surface area is 66.8 Å². The molecule has 0 amide bonds. The summed E-state index contributed by atoms with van der Waals surface area (Å²) in [6.45, 7) is 0. The number of halogens is 1. The second-order valence-electron chi connectivity index (χ2n) is 2.12. The Bertz CT molecular complexity index is 169. The predicted molar refractivity (Wildman–Crippen MR) is 43.9 cm³/mol. The lowest BCUT2D eigenvalue weighted by Gasteiger charge is -1.95. The van der Waals surface area contributed by atoms with E-state index in [1.54, 1.807) is 0 Å². The average Bonchev–Trinajstić information content (AvgIpc) is 2.03. The normalized spacial score (nSPS) is 9.70. The molecule has 0 heterocycles. The molecule has 0 saturated carbocycles. The number of hydrogen-bond acceptors (Lipinski definition) is 0. The third-order valence-electron chi connectivity index (χ3n) is 1.35. The maximum Gasteiger partial charge on any atom is 0.0867 e. The van der Waals surface area contributed by atoms with Crippen molar-refractivity contribution in [1.29, 1.82) is 0 Å². The topological polar surface area (TPSA) is 0 Å². The Morgan fingerprint density at radius 2 is 1.90 bits per heavy atom. The standard InChI is InChI=1S/C9H9Cl/c10-8-4-7-9-5-2-1-3-6-9/h1-3,5-6H,4,7H2. The van der Waals surface area contributed by atoms with Gasteiger partial charge in [0.25, 0.3) is 0 Å². The van der Waals surface area contributed by atoms with Crippen molar-refractivity contribution in [1.82, 2.24) is 0 Å². The maximum absolute atomic E-state index is 5.30. The molecule has 10 heavy (non-hydrogen) atoms. The highest BCUT2D eigenvalue weighted by Gasteiger charge is 1.88. The molecule has 2 radical (unpaired) electrons. The number of benzene rings is 1. The van der Waals surface area contributed by atoms with Crippen LogP contribution in [0.4, 0.5) is 0 Å².